The lowest BCUT2D eigenvalue weighted by Crippen LogP contribution is -2.06. The summed E-state index contributed by atoms with van der Waals surface area (Å²) in [6.45, 7) is 1.62. The molecule has 0 spiro atoms. The fourth-order valence-corrected chi connectivity index (χ4v) is 3.37. The van der Waals surface area contributed by atoms with E-state index >= 15 is 0 Å². The lowest BCUT2D eigenvalue weighted by molar-refractivity contribution is -0.385. The number of benzene rings is 2. The van der Waals surface area contributed by atoms with E-state index in [9.17, 15) is 14.9 Å². The molecular formula is C21H12Cl2N2O5. The third kappa shape index (κ3) is 3.85. The van der Waals surface area contributed by atoms with Crippen molar-refractivity contribution in [3.8, 4) is 11.3 Å². The monoisotopic (exact) mass is 442 g/mol. The lowest BCUT2D eigenvalue weighted by Gasteiger charge is -2.01. The van der Waals surface area contributed by atoms with Gasteiger partial charge in [-0.15, -0.1) is 0 Å². The van der Waals surface area contributed by atoms with Crippen molar-refractivity contribution in [3.63, 3.8) is 0 Å². The van der Waals surface area contributed by atoms with Gasteiger partial charge in [-0.05, 0) is 43.3 Å². The van der Waals surface area contributed by atoms with Crippen LogP contribution in [0, 0.1) is 17.0 Å². The fourth-order valence-electron chi connectivity index (χ4n) is 2.87. The number of furan rings is 1. The molecule has 0 aliphatic carbocycles. The molecule has 0 saturated heterocycles. The van der Waals surface area contributed by atoms with Crippen molar-refractivity contribution in [1.29, 1.82) is 0 Å². The number of carbonyl (C=O) groups is 1. The van der Waals surface area contributed by atoms with E-state index in [1.807, 2.05) is 0 Å². The number of esters is 1. The van der Waals surface area contributed by atoms with E-state index < -0.39 is 10.9 Å². The summed E-state index contributed by atoms with van der Waals surface area (Å²) in [6.07, 6.45) is 1.42. The van der Waals surface area contributed by atoms with Gasteiger partial charge < -0.3 is 9.15 Å². The average Bonchev–Trinajstić information content (AvgIpc) is 3.29. The lowest BCUT2D eigenvalue weighted by atomic mass is 10.1. The van der Waals surface area contributed by atoms with Gasteiger partial charge in [0.15, 0.2) is 5.70 Å². The summed E-state index contributed by atoms with van der Waals surface area (Å²) in [5.41, 5.74) is 1.40. The maximum absolute atomic E-state index is 12.2. The van der Waals surface area contributed by atoms with Crippen LogP contribution in [0.4, 0.5) is 5.69 Å². The Labute approximate surface area is 180 Å². The Morgan fingerprint density at radius 3 is 2.63 bits per heavy atom. The third-order valence-electron chi connectivity index (χ3n) is 4.38. The van der Waals surface area contributed by atoms with Gasteiger partial charge >= 0.3 is 5.97 Å². The van der Waals surface area contributed by atoms with Gasteiger partial charge in [0, 0.05) is 33.9 Å². The predicted octanol–water partition coefficient (Wildman–Crippen LogP) is 5.81. The first-order valence-corrected chi connectivity index (χ1v) is 9.40. The Bertz CT molecular complexity index is 1260. The van der Waals surface area contributed by atoms with Crippen molar-refractivity contribution < 1.29 is 18.9 Å². The number of nitro benzene ring substituents is 1. The first-order chi connectivity index (χ1) is 14.3. The molecule has 0 unspecified atom stereocenters. The topological polar surface area (TPSA) is 94.9 Å². The van der Waals surface area contributed by atoms with Crippen molar-refractivity contribution >= 4 is 46.8 Å². The van der Waals surface area contributed by atoms with E-state index in [0.29, 0.717) is 38.3 Å². The molecule has 9 heteroatoms. The van der Waals surface area contributed by atoms with Crippen molar-refractivity contribution in [2.24, 2.45) is 4.99 Å². The average molecular weight is 443 g/mol. The van der Waals surface area contributed by atoms with Crippen molar-refractivity contribution in [3.05, 3.63) is 91.3 Å². The van der Waals surface area contributed by atoms with Crippen LogP contribution in [0.1, 0.15) is 16.9 Å². The van der Waals surface area contributed by atoms with Gasteiger partial charge in [-0.1, -0.05) is 29.3 Å². The highest BCUT2D eigenvalue weighted by atomic mass is 35.5. The fraction of sp³-hybridized carbons (Fsp3) is 0.0476. The SMILES string of the molecule is Cc1ccc(C2=N/C(=C\c3ccc(-c4ccc(Cl)cc4Cl)o3)C(=O)O2)cc1[N+](=O)[O-]. The van der Waals surface area contributed by atoms with Crippen LogP contribution in [0.5, 0.6) is 0 Å². The summed E-state index contributed by atoms with van der Waals surface area (Å²) in [6, 6.07) is 12.9. The van der Waals surface area contributed by atoms with Crippen molar-refractivity contribution in [1.82, 2.24) is 0 Å². The number of aliphatic imine (C=N–C) groups is 1. The summed E-state index contributed by atoms with van der Waals surface area (Å²) < 4.78 is 10.9. The molecule has 2 aromatic carbocycles. The number of hydrogen-bond donors (Lipinski definition) is 0. The van der Waals surface area contributed by atoms with E-state index in [2.05, 4.69) is 4.99 Å². The van der Waals surface area contributed by atoms with Gasteiger partial charge in [0.25, 0.3) is 5.69 Å². The molecule has 1 aliphatic heterocycles. The Balaban J connectivity index is 1.64. The minimum Gasteiger partial charge on any atom is -0.457 e. The molecule has 1 aliphatic rings. The zero-order valence-corrected chi connectivity index (χ0v) is 16.9. The van der Waals surface area contributed by atoms with Gasteiger partial charge in [-0.25, -0.2) is 9.79 Å². The maximum Gasteiger partial charge on any atom is 0.363 e. The van der Waals surface area contributed by atoms with Gasteiger partial charge in [-0.3, -0.25) is 10.1 Å². The number of carbonyl (C=O) groups excluding carboxylic acids is 1. The van der Waals surface area contributed by atoms with E-state index in [0.717, 1.165) is 0 Å². The molecule has 0 amide bonds. The smallest absolute Gasteiger partial charge is 0.363 e. The van der Waals surface area contributed by atoms with Crippen molar-refractivity contribution in [2.45, 2.75) is 6.92 Å². The highest BCUT2D eigenvalue weighted by Crippen LogP contribution is 2.32. The van der Waals surface area contributed by atoms with E-state index in [4.69, 9.17) is 32.4 Å². The zero-order valence-electron chi connectivity index (χ0n) is 15.4. The minimum atomic E-state index is -0.685. The number of halogens is 2. The maximum atomic E-state index is 12.2. The number of cyclic esters (lactones) is 1. The second-order valence-corrected chi connectivity index (χ2v) is 7.26. The van der Waals surface area contributed by atoms with Crippen LogP contribution in [0.3, 0.4) is 0 Å². The van der Waals surface area contributed by atoms with E-state index in [-0.39, 0.29) is 17.3 Å². The van der Waals surface area contributed by atoms with Gasteiger partial charge in [0.1, 0.15) is 11.5 Å². The summed E-state index contributed by atoms with van der Waals surface area (Å²) in [7, 11) is 0. The number of aryl methyl sites for hydroxylation is 1. The molecule has 3 aromatic rings. The Morgan fingerprint density at radius 1 is 1.10 bits per heavy atom. The van der Waals surface area contributed by atoms with Gasteiger partial charge in [0.2, 0.25) is 5.90 Å². The zero-order chi connectivity index (χ0) is 21.4. The van der Waals surface area contributed by atoms with Gasteiger partial charge in [0.05, 0.1) is 9.95 Å². The third-order valence-corrected chi connectivity index (χ3v) is 4.92. The number of ether oxygens (including phenoxy) is 1. The molecule has 0 bridgehead atoms. The summed E-state index contributed by atoms with van der Waals surface area (Å²) in [5.74, 6) is 0.161. The normalized spacial score (nSPS) is 14.7. The molecule has 4 rings (SSSR count). The molecule has 0 atom stereocenters. The largest absolute Gasteiger partial charge is 0.457 e. The number of nitrogens with zero attached hydrogens (tertiary/aromatic N) is 2. The molecule has 7 nitrogen and oxygen atoms in total. The molecule has 2 heterocycles. The first kappa shape index (κ1) is 19.9. The molecule has 0 N–H and O–H groups in total. The quantitative estimate of drug-likeness (QED) is 0.219. The van der Waals surface area contributed by atoms with E-state index in [1.54, 1.807) is 49.4 Å². The molecule has 1 aromatic heterocycles. The van der Waals surface area contributed by atoms with Crippen LogP contribution in [0.15, 0.2) is 63.6 Å². The van der Waals surface area contributed by atoms with Crippen LogP contribution < -0.4 is 0 Å². The second kappa shape index (κ2) is 7.78. The highest BCUT2D eigenvalue weighted by Gasteiger charge is 2.26. The summed E-state index contributed by atoms with van der Waals surface area (Å²) in [5, 5.41) is 12.1. The Kier molecular flexibility index (Phi) is 5.15. The number of nitro groups is 1. The van der Waals surface area contributed by atoms with Crippen LogP contribution in [0.25, 0.3) is 17.4 Å². The van der Waals surface area contributed by atoms with Crippen LogP contribution in [0.2, 0.25) is 10.0 Å². The number of hydrogen-bond acceptors (Lipinski definition) is 6. The minimum absolute atomic E-state index is 0.0105. The highest BCUT2D eigenvalue weighted by molar-refractivity contribution is 6.36. The molecule has 150 valence electrons. The molecule has 0 saturated carbocycles. The Hall–Kier alpha value is -3.42. The van der Waals surface area contributed by atoms with Crippen LogP contribution in [-0.2, 0) is 9.53 Å². The Morgan fingerprint density at radius 2 is 1.90 bits per heavy atom. The molecular weight excluding hydrogens is 431 g/mol. The first-order valence-electron chi connectivity index (χ1n) is 8.65. The molecule has 0 radical (unpaired) electrons. The van der Waals surface area contributed by atoms with E-state index in [1.165, 1.54) is 12.1 Å². The van der Waals surface area contributed by atoms with Crippen molar-refractivity contribution in [2.75, 3.05) is 0 Å². The number of rotatable bonds is 4. The summed E-state index contributed by atoms with van der Waals surface area (Å²) in [4.78, 5) is 27.0. The second-order valence-electron chi connectivity index (χ2n) is 6.42. The van der Waals surface area contributed by atoms with Gasteiger partial charge in [-0.2, -0.15) is 0 Å². The predicted molar refractivity (Wildman–Crippen MR) is 113 cm³/mol. The molecule has 30 heavy (non-hydrogen) atoms. The van der Waals surface area contributed by atoms with Crippen LogP contribution >= 0.6 is 23.2 Å². The summed E-state index contributed by atoms with van der Waals surface area (Å²) >= 11 is 12.1. The molecule has 0 fully saturated rings. The van der Waals surface area contributed by atoms with Crippen LogP contribution in [-0.4, -0.2) is 16.8 Å². The standard InChI is InChI=1S/C21H12Cl2N2O5/c1-11-2-3-12(8-18(11)25(27)28)20-24-17(21(26)30-20)10-14-5-7-19(29-14)15-6-4-13(22)9-16(15)23/h2-10H,1H3/b17-10-.